The lowest BCUT2D eigenvalue weighted by Gasteiger charge is -2.09. The van der Waals surface area contributed by atoms with Crippen LogP contribution in [0.15, 0.2) is 22.7 Å². The largest absolute Gasteiger partial charge is 0.383 e. The van der Waals surface area contributed by atoms with Gasteiger partial charge in [0.1, 0.15) is 0 Å². The standard InChI is InChI=1S/C11H13BrCl2O/c1-15-7-10(13)5-3-8-2-4-9(12)6-11(8)14/h2,4,6,10H,3,5,7H2,1H3. The first-order valence-electron chi connectivity index (χ1n) is 4.70. The minimum absolute atomic E-state index is 0.0507. The van der Waals surface area contributed by atoms with Gasteiger partial charge < -0.3 is 4.74 Å². The van der Waals surface area contributed by atoms with Gasteiger partial charge in [-0.1, -0.05) is 33.6 Å². The second-order valence-electron chi connectivity index (χ2n) is 3.33. The fourth-order valence-electron chi connectivity index (χ4n) is 1.30. The molecule has 0 saturated carbocycles. The molecule has 4 heteroatoms. The predicted octanol–water partition coefficient (Wildman–Crippen LogP) is 4.29. The Bertz CT molecular complexity index is 317. The zero-order valence-electron chi connectivity index (χ0n) is 8.47. The number of methoxy groups -OCH3 is 1. The van der Waals surface area contributed by atoms with Crippen molar-refractivity contribution in [3.8, 4) is 0 Å². The fraction of sp³-hybridized carbons (Fsp3) is 0.455. The molecule has 0 amide bonds. The Morgan fingerprint density at radius 2 is 2.20 bits per heavy atom. The lowest BCUT2D eigenvalue weighted by molar-refractivity contribution is 0.195. The first-order chi connectivity index (χ1) is 7.13. The van der Waals surface area contributed by atoms with Gasteiger partial charge in [-0.2, -0.15) is 0 Å². The van der Waals surface area contributed by atoms with E-state index in [1.165, 1.54) is 0 Å². The van der Waals surface area contributed by atoms with E-state index in [9.17, 15) is 0 Å². The van der Waals surface area contributed by atoms with Gasteiger partial charge in [-0.05, 0) is 30.5 Å². The normalized spacial score (nSPS) is 12.8. The van der Waals surface area contributed by atoms with Gasteiger partial charge in [0.05, 0.1) is 12.0 Å². The highest BCUT2D eigenvalue weighted by atomic mass is 79.9. The molecule has 0 radical (unpaired) electrons. The van der Waals surface area contributed by atoms with Crippen molar-refractivity contribution >= 4 is 39.1 Å². The van der Waals surface area contributed by atoms with Crippen molar-refractivity contribution in [1.82, 2.24) is 0 Å². The molecule has 84 valence electrons. The van der Waals surface area contributed by atoms with Crippen LogP contribution in [-0.4, -0.2) is 19.1 Å². The Kier molecular flexibility index (Phi) is 5.98. The molecule has 0 fully saturated rings. The molecule has 0 saturated heterocycles. The molecule has 1 aromatic rings. The molecule has 0 aromatic heterocycles. The summed E-state index contributed by atoms with van der Waals surface area (Å²) in [4.78, 5) is 0. The van der Waals surface area contributed by atoms with E-state index in [-0.39, 0.29) is 5.38 Å². The van der Waals surface area contributed by atoms with Crippen molar-refractivity contribution in [1.29, 1.82) is 0 Å². The smallest absolute Gasteiger partial charge is 0.0626 e. The fourth-order valence-corrected chi connectivity index (χ4v) is 2.30. The molecule has 0 bridgehead atoms. The molecular formula is C11H13BrCl2O. The van der Waals surface area contributed by atoms with E-state index in [1.807, 2.05) is 18.2 Å². The number of alkyl halides is 1. The molecule has 1 nitrogen and oxygen atoms in total. The lowest BCUT2D eigenvalue weighted by atomic mass is 10.1. The molecule has 0 aliphatic heterocycles. The van der Waals surface area contributed by atoms with Crippen LogP contribution in [0.3, 0.4) is 0 Å². The van der Waals surface area contributed by atoms with Crippen LogP contribution in [0, 0.1) is 0 Å². The second-order valence-corrected chi connectivity index (χ2v) is 5.27. The van der Waals surface area contributed by atoms with Gasteiger partial charge in [-0.25, -0.2) is 0 Å². The maximum absolute atomic E-state index is 6.09. The third-order valence-electron chi connectivity index (χ3n) is 2.09. The van der Waals surface area contributed by atoms with Crippen molar-refractivity contribution < 1.29 is 4.74 Å². The number of rotatable bonds is 5. The Balaban J connectivity index is 2.50. The first kappa shape index (κ1) is 13.3. The van der Waals surface area contributed by atoms with Crippen LogP contribution in [0.5, 0.6) is 0 Å². The number of hydrogen-bond acceptors (Lipinski definition) is 1. The van der Waals surface area contributed by atoms with E-state index >= 15 is 0 Å². The molecule has 0 spiro atoms. The highest BCUT2D eigenvalue weighted by Crippen LogP contribution is 2.23. The van der Waals surface area contributed by atoms with Gasteiger partial charge in [-0.15, -0.1) is 11.6 Å². The van der Waals surface area contributed by atoms with Crippen molar-refractivity contribution in [2.45, 2.75) is 18.2 Å². The van der Waals surface area contributed by atoms with Crippen LogP contribution in [-0.2, 0) is 11.2 Å². The zero-order valence-corrected chi connectivity index (χ0v) is 11.6. The van der Waals surface area contributed by atoms with E-state index in [0.29, 0.717) is 6.61 Å². The average Bonchev–Trinajstić information content (AvgIpc) is 2.17. The summed E-state index contributed by atoms with van der Waals surface area (Å²) in [6, 6.07) is 5.90. The summed E-state index contributed by atoms with van der Waals surface area (Å²) in [5.41, 5.74) is 1.13. The Hall–Kier alpha value is 0.240. The van der Waals surface area contributed by atoms with E-state index < -0.39 is 0 Å². The molecule has 0 heterocycles. The zero-order chi connectivity index (χ0) is 11.3. The number of halogens is 3. The van der Waals surface area contributed by atoms with Crippen LogP contribution in [0.1, 0.15) is 12.0 Å². The Morgan fingerprint density at radius 3 is 2.80 bits per heavy atom. The highest BCUT2D eigenvalue weighted by molar-refractivity contribution is 9.10. The molecule has 0 aliphatic rings. The number of benzene rings is 1. The quantitative estimate of drug-likeness (QED) is 0.737. The van der Waals surface area contributed by atoms with E-state index in [2.05, 4.69) is 15.9 Å². The molecule has 1 aromatic carbocycles. The van der Waals surface area contributed by atoms with Gasteiger partial charge >= 0.3 is 0 Å². The third kappa shape index (κ3) is 4.73. The highest BCUT2D eigenvalue weighted by Gasteiger charge is 2.06. The lowest BCUT2D eigenvalue weighted by Crippen LogP contribution is -2.08. The average molecular weight is 312 g/mol. The summed E-state index contributed by atoms with van der Waals surface area (Å²) >= 11 is 15.5. The van der Waals surface area contributed by atoms with Crippen molar-refractivity contribution in [2.75, 3.05) is 13.7 Å². The molecule has 1 unspecified atom stereocenters. The van der Waals surface area contributed by atoms with Crippen LogP contribution in [0.2, 0.25) is 5.02 Å². The summed E-state index contributed by atoms with van der Waals surface area (Å²) < 4.78 is 5.96. The molecule has 1 rings (SSSR count). The second kappa shape index (κ2) is 6.74. The predicted molar refractivity (Wildman–Crippen MR) is 69.0 cm³/mol. The summed E-state index contributed by atoms with van der Waals surface area (Å²) in [6.45, 7) is 0.579. The maximum atomic E-state index is 6.09. The van der Waals surface area contributed by atoms with E-state index in [0.717, 1.165) is 27.9 Å². The minimum atomic E-state index is 0.0507. The molecular weight excluding hydrogens is 299 g/mol. The van der Waals surface area contributed by atoms with Crippen LogP contribution in [0.25, 0.3) is 0 Å². The van der Waals surface area contributed by atoms with Gasteiger partial charge in [0.15, 0.2) is 0 Å². The van der Waals surface area contributed by atoms with Gasteiger partial charge in [0.25, 0.3) is 0 Å². The van der Waals surface area contributed by atoms with Crippen molar-refractivity contribution in [2.24, 2.45) is 0 Å². The minimum Gasteiger partial charge on any atom is -0.383 e. The number of hydrogen-bond donors (Lipinski definition) is 0. The van der Waals surface area contributed by atoms with Crippen molar-refractivity contribution in [3.05, 3.63) is 33.3 Å². The summed E-state index contributed by atoms with van der Waals surface area (Å²) in [7, 11) is 1.65. The number of aryl methyl sites for hydroxylation is 1. The van der Waals surface area contributed by atoms with Crippen LogP contribution < -0.4 is 0 Å². The van der Waals surface area contributed by atoms with E-state index in [1.54, 1.807) is 7.11 Å². The van der Waals surface area contributed by atoms with Crippen LogP contribution in [0.4, 0.5) is 0 Å². The van der Waals surface area contributed by atoms with Crippen molar-refractivity contribution in [3.63, 3.8) is 0 Å². The Labute approximate surface area is 109 Å². The van der Waals surface area contributed by atoms with Gasteiger partial charge in [0, 0.05) is 16.6 Å². The van der Waals surface area contributed by atoms with Gasteiger partial charge in [-0.3, -0.25) is 0 Å². The summed E-state index contributed by atoms with van der Waals surface area (Å²) in [5, 5.41) is 0.834. The third-order valence-corrected chi connectivity index (χ3v) is 3.28. The summed E-state index contributed by atoms with van der Waals surface area (Å²) in [5.74, 6) is 0. The molecule has 0 N–H and O–H groups in total. The van der Waals surface area contributed by atoms with E-state index in [4.69, 9.17) is 27.9 Å². The van der Waals surface area contributed by atoms with Crippen LogP contribution >= 0.6 is 39.1 Å². The van der Waals surface area contributed by atoms with Gasteiger partial charge in [0.2, 0.25) is 0 Å². The molecule has 15 heavy (non-hydrogen) atoms. The topological polar surface area (TPSA) is 9.23 Å². The maximum Gasteiger partial charge on any atom is 0.0626 e. The SMILES string of the molecule is COCC(Cl)CCc1ccc(Br)cc1Cl. The molecule has 0 aliphatic carbocycles. The number of ether oxygens (including phenoxy) is 1. The molecule has 1 atom stereocenters. The monoisotopic (exact) mass is 310 g/mol. The Morgan fingerprint density at radius 1 is 1.47 bits per heavy atom. The first-order valence-corrected chi connectivity index (χ1v) is 6.31. The summed E-state index contributed by atoms with van der Waals surface area (Å²) in [6.07, 6.45) is 1.75.